The van der Waals surface area contributed by atoms with E-state index in [0.717, 1.165) is 0 Å². The van der Waals surface area contributed by atoms with Crippen molar-refractivity contribution in [3.63, 3.8) is 0 Å². The van der Waals surface area contributed by atoms with Gasteiger partial charge in [-0.1, -0.05) is 6.92 Å². The fraction of sp³-hybridized carbons (Fsp3) is 0.500. The molecule has 6 heteroatoms. The average molecular weight is 292 g/mol. The summed E-state index contributed by atoms with van der Waals surface area (Å²) in [6.45, 7) is 1.66. The standard InChI is InChI=1S/C3H7NO.CNO.2Y/c1-2-3(4)5;2-1-3;;/h2H2,1H3,(H2,4,5);;;/q;-1;;/p-1. The van der Waals surface area contributed by atoms with Crippen LogP contribution in [-0.2, 0) is 75.0 Å². The van der Waals surface area contributed by atoms with Crippen LogP contribution in [0.4, 0.5) is 0 Å². The van der Waals surface area contributed by atoms with Crippen LogP contribution in [0.15, 0.2) is 0 Å². The molecule has 0 fully saturated rings. The number of hydrogen-bond donors (Lipinski definition) is 0. The number of hydrogen-bond acceptors (Lipinski definition) is 2. The molecular formula is C4H6N2O2Y2-2. The van der Waals surface area contributed by atoms with E-state index in [4.69, 9.17) is 15.9 Å². The van der Waals surface area contributed by atoms with E-state index in [1.807, 2.05) is 0 Å². The number of rotatable bonds is 1. The van der Waals surface area contributed by atoms with E-state index in [1.54, 1.807) is 6.92 Å². The van der Waals surface area contributed by atoms with Gasteiger partial charge in [-0.3, -0.25) is 4.79 Å². The molecule has 0 aromatic rings. The number of carbonyl (C=O) groups excluding carboxylic acids is 2. The number of isocyanates is 1. The smallest absolute Gasteiger partial charge is 0.0484 e. The minimum absolute atomic E-state index is 0. The minimum Gasteiger partial charge on any atom is -0.724 e. The molecule has 1 amide bonds. The first-order valence-electron chi connectivity index (χ1n) is 1.94. The maximum Gasteiger partial charge on any atom is 0.0484 e. The Bertz CT molecular complexity index is 101. The van der Waals surface area contributed by atoms with Crippen molar-refractivity contribution in [3.05, 3.63) is 11.1 Å². The third-order valence-electron chi connectivity index (χ3n) is 0.321. The zero-order valence-electron chi connectivity index (χ0n) is 5.63. The van der Waals surface area contributed by atoms with Gasteiger partial charge >= 0.3 is 0 Å². The van der Waals surface area contributed by atoms with Gasteiger partial charge in [0.2, 0.25) is 0 Å². The third-order valence-corrected chi connectivity index (χ3v) is 0.321. The van der Waals surface area contributed by atoms with Crippen LogP contribution in [0.25, 0.3) is 11.1 Å². The summed E-state index contributed by atoms with van der Waals surface area (Å²) in [4.78, 5) is 17.7. The summed E-state index contributed by atoms with van der Waals surface area (Å²) in [7, 11) is 0. The van der Waals surface area contributed by atoms with E-state index in [9.17, 15) is 4.79 Å². The second kappa shape index (κ2) is 22.5. The van der Waals surface area contributed by atoms with Crippen LogP contribution in [0.2, 0.25) is 0 Å². The molecule has 0 unspecified atom stereocenters. The van der Waals surface area contributed by atoms with Crippen LogP contribution in [0.5, 0.6) is 0 Å². The number of amides is 1. The molecule has 0 aromatic heterocycles. The average Bonchev–Trinajstić information content (AvgIpc) is 1.69. The van der Waals surface area contributed by atoms with Gasteiger partial charge < -0.3 is 15.9 Å². The van der Waals surface area contributed by atoms with Gasteiger partial charge in [0.25, 0.3) is 0 Å². The molecule has 0 heterocycles. The molecule has 2 radical (unpaired) electrons. The van der Waals surface area contributed by atoms with Crippen LogP contribution >= 0.6 is 0 Å². The van der Waals surface area contributed by atoms with Gasteiger partial charge in [0.15, 0.2) is 0 Å². The van der Waals surface area contributed by atoms with Crippen molar-refractivity contribution in [2.45, 2.75) is 13.3 Å². The first kappa shape index (κ1) is 22.5. The number of nitrogens with one attached hydrogen (secondary N) is 1. The molecule has 0 aliphatic rings. The van der Waals surface area contributed by atoms with Crippen molar-refractivity contribution in [1.82, 2.24) is 0 Å². The monoisotopic (exact) mass is 292 g/mol. The minimum atomic E-state index is -0.495. The van der Waals surface area contributed by atoms with Crippen molar-refractivity contribution >= 4 is 12.0 Å². The van der Waals surface area contributed by atoms with Crippen molar-refractivity contribution in [3.8, 4) is 0 Å². The largest absolute Gasteiger partial charge is 0.724 e. The Labute approximate surface area is 110 Å². The SMILES string of the molecule is CCC([NH-])=O.[N-]=C=O.[Y].[Y]. The predicted molar refractivity (Wildman–Crippen MR) is 28.7 cm³/mol. The van der Waals surface area contributed by atoms with Crippen LogP contribution in [0.3, 0.4) is 0 Å². The molecule has 4 nitrogen and oxygen atoms in total. The summed E-state index contributed by atoms with van der Waals surface area (Å²) in [5.74, 6) is -0.495. The first-order chi connectivity index (χ1) is 3.68. The summed E-state index contributed by atoms with van der Waals surface area (Å²) in [5, 5.41) is 6.76. The van der Waals surface area contributed by atoms with Gasteiger partial charge in [-0.2, -0.15) is 0 Å². The Kier molecular flexibility index (Phi) is 50.5. The molecule has 0 aromatic carbocycles. The zero-order chi connectivity index (χ0) is 6.99. The molecule has 1 N–H and O–H groups in total. The summed E-state index contributed by atoms with van der Waals surface area (Å²) in [6.07, 6.45) is 0.833. The summed E-state index contributed by atoms with van der Waals surface area (Å²) >= 11 is 0. The normalized spacial score (nSPS) is 4.50. The van der Waals surface area contributed by atoms with Crippen LogP contribution in [0, 0.1) is 0 Å². The van der Waals surface area contributed by atoms with E-state index in [1.165, 1.54) is 0 Å². The van der Waals surface area contributed by atoms with Gasteiger partial charge in [0, 0.05) is 71.3 Å². The molecule has 10 heavy (non-hydrogen) atoms. The van der Waals surface area contributed by atoms with E-state index in [0.29, 0.717) is 12.5 Å². The summed E-state index contributed by atoms with van der Waals surface area (Å²) in [5.41, 5.74) is 6.19. The van der Waals surface area contributed by atoms with Crippen molar-refractivity contribution in [2.75, 3.05) is 0 Å². The van der Waals surface area contributed by atoms with Gasteiger partial charge in [-0.15, -0.1) is 0 Å². The maximum absolute atomic E-state index is 9.48. The van der Waals surface area contributed by atoms with Crippen molar-refractivity contribution < 1.29 is 75.0 Å². The molecule has 0 bridgehead atoms. The number of carbonyl (C=O) groups is 1. The Hall–Kier alpha value is 1.06. The van der Waals surface area contributed by atoms with Crippen molar-refractivity contribution in [1.29, 1.82) is 0 Å². The molecule has 0 spiro atoms. The van der Waals surface area contributed by atoms with E-state index >= 15 is 0 Å². The first-order valence-corrected chi connectivity index (χ1v) is 1.94. The Morgan fingerprint density at radius 2 is 1.70 bits per heavy atom. The molecule has 0 saturated heterocycles. The van der Waals surface area contributed by atoms with Gasteiger partial charge in [-0.05, 0) is 12.5 Å². The number of nitrogens with zero attached hydrogens (tertiary/aromatic N) is 1. The van der Waals surface area contributed by atoms with Crippen LogP contribution in [0.1, 0.15) is 13.3 Å². The quantitative estimate of drug-likeness (QED) is 0.530. The fourth-order valence-electron chi connectivity index (χ4n) is 0. The van der Waals surface area contributed by atoms with Crippen LogP contribution < -0.4 is 0 Å². The third kappa shape index (κ3) is 62.9. The predicted octanol–water partition coefficient (Wildman–Crippen LogP) is 0.862. The molecular weight excluding hydrogens is 286 g/mol. The summed E-state index contributed by atoms with van der Waals surface area (Å²) in [6, 6.07) is 0. The van der Waals surface area contributed by atoms with Gasteiger partial charge in [-0.25, -0.2) is 0 Å². The van der Waals surface area contributed by atoms with E-state index in [-0.39, 0.29) is 65.4 Å². The summed E-state index contributed by atoms with van der Waals surface area (Å²) < 4.78 is 0. The molecule has 0 aliphatic carbocycles. The molecule has 52 valence electrons. The van der Waals surface area contributed by atoms with Crippen LogP contribution in [-0.4, -0.2) is 12.0 Å². The Morgan fingerprint density at radius 3 is 1.70 bits per heavy atom. The topological polar surface area (TPSA) is 80.2 Å². The second-order valence-electron chi connectivity index (χ2n) is 0.868. The van der Waals surface area contributed by atoms with E-state index < -0.39 is 5.91 Å². The molecule has 0 rings (SSSR count). The van der Waals surface area contributed by atoms with Crippen molar-refractivity contribution in [2.24, 2.45) is 0 Å². The molecule has 0 aliphatic heterocycles. The Balaban J connectivity index is -0.0000000326. The maximum atomic E-state index is 9.48. The molecule has 0 saturated carbocycles. The second-order valence-corrected chi connectivity index (χ2v) is 0.868. The van der Waals surface area contributed by atoms with Gasteiger partial charge in [0.05, 0.1) is 0 Å². The molecule has 0 atom stereocenters. The Morgan fingerprint density at radius 1 is 1.60 bits per heavy atom. The zero-order valence-corrected chi connectivity index (χ0v) is 11.3. The fourth-order valence-corrected chi connectivity index (χ4v) is 0. The van der Waals surface area contributed by atoms with E-state index in [2.05, 4.69) is 0 Å². The van der Waals surface area contributed by atoms with Gasteiger partial charge in [0.1, 0.15) is 0 Å².